The van der Waals surface area contributed by atoms with Gasteiger partial charge in [-0.25, -0.2) is 4.99 Å². The molecule has 0 heterocycles. The highest BCUT2D eigenvalue weighted by Crippen LogP contribution is 2.29. The zero-order valence-electron chi connectivity index (χ0n) is 17.1. The molecule has 0 saturated heterocycles. The lowest BCUT2D eigenvalue weighted by Crippen LogP contribution is -2.23. The van der Waals surface area contributed by atoms with Crippen LogP contribution in [0.15, 0.2) is 47.5 Å². The Balaban J connectivity index is 0.00000392. The minimum absolute atomic E-state index is 0. The first kappa shape index (κ1) is 24.0. The molecule has 7 heteroatoms. The van der Waals surface area contributed by atoms with Crippen LogP contribution in [-0.4, -0.2) is 38.2 Å². The van der Waals surface area contributed by atoms with E-state index in [4.69, 9.17) is 15.2 Å². The van der Waals surface area contributed by atoms with E-state index in [-0.39, 0.29) is 24.0 Å². The van der Waals surface area contributed by atoms with E-state index in [2.05, 4.69) is 53.6 Å². The van der Waals surface area contributed by atoms with Crippen molar-refractivity contribution in [3.8, 4) is 11.5 Å². The summed E-state index contributed by atoms with van der Waals surface area (Å²) in [5, 5.41) is 3.12. The molecule has 0 aliphatic carbocycles. The van der Waals surface area contributed by atoms with Gasteiger partial charge in [-0.15, -0.1) is 24.0 Å². The van der Waals surface area contributed by atoms with E-state index in [1.54, 1.807) is 0 Å². The molecule has 0 aromatic heterocycles. The van der Waals surface area contributed by atoms with Gasteiger partial charge in [0.1, 0.15) is 11.5 Å². The third kappa shape index (κ3) is 7.93. The molecule has 0 unspecified atom stereocenters. The number of anilines is 1. The van der Waals surface area contributed by atoms with Crippen LogP contribution in [0.2, 0.25) is 0 Å². The van der Waals surface area contributed by atoms with Gasteiger partial charge in [0.25, 0.3) is 0 Å². The number of hydrogen-bond acceptors (Lipinski definition) is 4. The lowest BCUT2D eigenvalue weighted by atomic mass is 10.1. The summed E-state index contributed by atoms with van der Waals surface area (Å²) < 4.78 is 11.2. The average Bonchev–Trinajstić information content (AvgIpc) is 2.63. The van der Waals surface area contributed by atoms with E-state index >= 15 is 0 Å². The Morgan fingerprint density at radius 1 is 1.00 bits per heavy atom. The maximum atomic E-state index is 6.07. The molecule has 3 N–H and O–H groups in total. The van der Waals surface area contributed by atoms with Crippen LogP contribution in [0.25, 0.3) is 0 Å². The van der Waals surface area contributed by atoms with E-state index in [0.717, 1.165) is 23.5 Å². The van der Waals surface area contributed by atoms with Crippen LogP contribution in [-0.2, 0) is 13.1 Å². The molecule has 6 nitrogen and oxygen atoms in total. The fraction of sp³-hybridized carbons (Fsp3) is 0.381. The Kier molecular flexibility index (Phi) is 10.7. The molecule has 0 amide bonds. The van der Waals surface area contributed by atoms with Crippen molar-refractivity contribution in [3.05, 3.63) is 53.6 Å². The van der Waals surface area contributed by atoms with Crippen molar-refractivity contribution in [1.82, 2.24) is 4.90 Å². The molecule has 0 bridgehead atoms. The zero-order valence-corrected chi connectivity index (χ0v) is 19.4. The summed E-state index contributed by atoms with van der Waals surface area (Å²) >= 11 is 0. The van der Waals surface area contributed by atoms with Crippen LogP contribution in [0.5, 0.6) is 11.5 Å². The SMILES string of the molecule is CCOc1ccc(OCC)c(NC(N)=NCc2ccc(CN(C)C)cc2)c1.I. The summed E-state index contributed by atoms with van der Waals surface area (Å²) in [6.07, 6.45) is 0. The Morgan fingerprint density at radius 2 is 1.64 bits per heavy atom. The summed E-state index contributed by atoms with van der Waals surface area (Å²) in [7, 11) is 4.11. The minimum Gasteiger partial charge on any atom is -0.494 e. The van der Waals surface area contributed by atoms with Crippen molar-refractivity contribution in [2.24, 2.45) is 10.7 Å². The molecule has 0 aliphatic heterocycles. The maximum absolute atomic E-state index is 6.07. The van der Waals surface area contributed by atoms with Crippen molar-refractivity contribution in [1.29, 1.82) is 0 Å². The second-order valence-corrected chi connectivity index (χ2v) is 6.40. The average molecular weight is 498 g/mol. The van der Waals surface area contributed by atoms with Crippen molar-refractivity contribution in [2.75, 3.05) is 32.6 Å². The summed E-state index contributed by atoms with van der Waals surface area (Å²) in [6, 6.07) is 14.0. The Labute approximate surface area is 185 Å². The van der Waals surface area contributed by atoms with Crippen molar-refractivity contribution in [2.45, 2.75) is 26.9 Å². The summed E-state index contributed by atoms with van der Waals surface area (Å²) in [4.78, 5) is 6.57. The van der Waals surface area contributed by atoms with Gasteiger partial charge in [-0.2, -0.15) is 0 Å². The highest BCUT2D eigenvalue weighted by Gasteiger charge is 2.07. The summed E-state index contributed by atoms with van der Waals surface area (Å²) in [5.74, 6) is 1.81. The normalized spacial score (nSPS) is 11.1. The largest absolute Gasteiger partial charge is 0.494 e. The second-order valence-electron chi connectivity index (χ2n) is 6.40. The van der Waals surface area contributed by atoms with Gasteiger partial charge < -0.3 is 25.4 Å². The topological polar surface area (TPSA) is 72.1 Å². The van der Waals surface area contributed by atoms with Crippen LogP contribution in [0.3, 0.4) is 0 Å². The van der Waals surface area contributed by atoms with Gasteiger partial charge in [0.2, 0.25) is 0 Å². The van der Waals surface area contributed by atoms with Gasteiger partial charge in [-0.3, -0.25) is 0 Å². The summed E-state index contributed by atoms with van der Waals surface area (Å²) in [5.41, 5.74) is 9.19. The molecule has 0 aliphatic rings. The second kappa shape index (κ2) is 12.5. The number of nitrogens with one attached hydrogen (secondary N) is 1. The number of aliphatic imine (C=N–C) groups is 1. The highest BCUT2D eigenvalue weighted by molar-refractivity contribution is 14.0. The number of benzene rings is 2. The molecular formula is C21H31IN4O2. The molecule has 0 spiro atoms. The summed E-state index contributed by atoms with van der Waals surface area (Å²) in [6.45, 7) is 6.49. The van der Waals surface area contributed by atoms with Crippen molar-refractivity contribution >= 4 is 35.6 Å². The van der Waals surface area contributed by atoms with Crippen LogP contribution >= 0.6 is 24.0 Å². The molecule has 0 atom stereocenters. The van der Waals surface area contributed by atoms with Gasteiger partial charge in [-0.1, -0.05) is 24.3 Å². The van der Waals surface area contributed by atoms with Gasteiger partial charge >= 0.3 is 0 Å². The molecule has 0 fully saturated rings. The van der Waals surface area contributed by atoms with E-state index in [1.165, 1.54) is 5.56 Å². The lowest BCUT2D eigenvalue weighted by molar-refractivity contribution is 0.332. The predicted octanol–water partition coefficient (Wildman–Crippen LogP) is 4.09. The standard InChI is InChI=1S/C21H30N4O2.HI/c1-5-26-18-11-12-20(27-6-2)19(13-18)24-21(22)23-14-16-7-9-17(10-8-16)15-25(3)4;/h7-13H,5-6,14-15H2,1-4H3,(H3,22,23,24);1H. The first-order chi connectivity index (χ1) is 13.0. The number of rotatable bonds is 9. The van der Waals surface area contributed by atoms with Gasteiger partial charge in [0.15, 0.2) is 5.96 Å². The minimum atomic E-state index is 0. The highest BCUT2D eigenvalue weighted by atomic mass is 127. The fourth-order valence-electron chi connectivity index (χ4n) is 2.61. The molecule has 0 radical (unpaired) electrons. The molecule has 154 valence electrons. The molecule has 2 rings (SSSR count). The quantitative estimate of drug-likeness (QED) is 0.310. The number of nitrogens with zero attached hydrogens (tertiary/aromatic N) is 2. The van der Waals surface area contributed by atoms with Crippen LogP contribution in [0.1, 0.15) is 25.0 Å². The predicted molar refractivity (Wildman–Crippen MR) is 127 cm³/mol. The molecule has 0 saturated carbocycles. The molecular weight excluding hydrogens is 467 g/mol. The molecule has 28 heavy (non-hydrogen) atoms. The smallest absolute Gasteiger partial charge is 0.193 e. The van der Waals surface area contributed by atoms with Gasteiger partial charge in [0.05, 0.1) is 25.4 Å². The third-order valence-electron chi connectivity index (χ3n) is 3.78. The van der Waals surface area contributed by atoms with Gasteiger partial charge in [-0.05, 0) is 51.2 Å². The number of nitrogens with two attached hydrogens (primary N) is 1. The zero-order chi connectivity index (χ0) is 19.6. The Hall–Kier alpha value is -2.00. The Morgan fingerprint density at radius 3 is 2.25 bits per heavy atom. The Bertz CT molecular complexity index is 749. The van der Waals surface area contributed by atoms with E-state index < -0.39 is 0 Å². The molecule has 2 aromatic carbocycles. The van der Waals surface area contributed by atoms with E-state index in [1.807, 2.05) is 32.0 Å². The van der Waals surface area contributed by atoms with Crippen molar-refractivity contribution in [3.63, 3.8) is 0 Å². The van der Waals surface area contributed by atoms with Crippen LogP contribution < -0.4 is 20.5 Å². The van der Waals surface area contributed by atoms with Crippen LogP contribution in [0, 0.1) is 0 Å². The first-order valence-electron chi connectivity index (χ1n) is 9.21. The third-order valence-corrected chi connectivity index (χ3v) is 3.78. The lowest BCUT2D eigenvalue weighted by Gasteiger charge is -2.14. The molecule has 2 aromatic rings. The van der Waals surface area contributed by atoms with Crippen LogP contribution in [0.4, 0.5) is 5.69 Å². The fourth-order valence-corrected chi connectivity index (χ4v) is 2.61. The van der Waals surface area contributed by atoms with Gasteiger partial charge in [0, 0.05) is 12.6 Å². The van der Waals surface area contributed by atoms with E-state index in [0.29, 0.717) is 31.5 Å². The number of halogens is 1. The number of ether oxygens (including phenoxy) is 2. The van der Waals surface area contributed by atoms with E-state index in [9.17, 15) is 0 Å². The number of guanidine groups is 1. The number of hydrogen-bond donors (Lipinski definition) is 2. The monoisotopic (exact) mass is 498 g/mol. The maximum Gasteiger partial charge on any atom is 0.193 e. The first-order valence-corrected chi connectivity index (χ1v) is 9.21. The van der Waals surface area contributed by atoms with Crippen molar-refractivity contribution < 1.29 is 9.47 Å².